The standard InChI is InChI=1S/C14H17N3S/c1-15-8-12-9-16-14(18-12)11-3-4-13-10(7-11)5-6-17(13)2/h3-4,7,9,15H,5-6,8H2,1-2H3. The lowest BCUT2D eigenvalue weighted by Crippen LogP contribution is -2.12. The summed E-state index contributed by atoms with van der Waals surface area (Å²) in [6.45, 7) is 2.02. The van der Waals surface area contributed by atoms with Gasteiger partial charge in [-0.15, -0.1) is 11.3 Å². The van der Waals surface area contributed by atoms with Crippen LogP contribution in [0.3, 0.4) is 0 Å². The highest BCUT2D eigenvalue weighted by atomic mass is 32.1. The van der Waals surface area contributed by atoms with Crippen LogP contribution in [0.25, 0.3) is 10.6 Å². The third-order valence-corrected chi connectivity index (χ3v) is 4.41. The maximum absolute atomic E-state index is 4.51. The van der Waals surface area contributed by atoms with Crippen molar-refractivity contribution in [2.24, 2.45) is 0 Å². The second-order valence-electron chi connectivity index (χ2n) is 4.68. The average molecular weight is 259 g/mol. The van der Waals surface area contributed by atoms with Gasteiger partial charge in [0.15, 0.2) is 0 Å². The molecule has 0 saturated heterocycles. The molecule has 0 amide bonds. The predicted molar refractivity (Wildman–Crippen MR) is 77.3 cm³/mol. The van der Waals surface area contributed by atoms with E-state index in [1.165, 1.54) is 21.7 Å². The highest BCUT2D eigenvalue weighted by molar-refractivity contribution is 7.15. The largest absolute Gasteiger partial charge is 0.374 e. The Kier molecular flexibility index (Phi) is 3.06. The van der Waals surface area contributed by atoms with E-state index in [4.69, 9.17) is 0 Å². The van der Waals surface area contributed by atoms with Crippen LogP contribution in [0.2, 0.25) is 0 Å². The SMILES string of the molecule is CNCc1cnc(-c2ccc3c(c2)CCN3C)s1. The quantitative estimate of drug-likeness (QED) is 0.918. The molecule has 1 aliphatic rings. The molecular weight excluding hydrogens is 242 g/mol. The zero-order chi connectivity index (χ0) is 12.5. The minimum absolute atomic E-state index is 0.894. The molecule has 4 heteroatoms. The first-order valence-electron chi connectivity index (χ1n) is 6.21. The van der Waals surface area contributed by atoms with Crippen LogP contribution in [-0.2, 0) is 13.0 Å². The molecule has 0 radical (unpaired) electrons. The number of likely N-dealkylation sites (N-methyl/N-ethyl adjacent to an activating group) is 1. The minimum atomic E-state index is 0.894. The van der Waals surface area contributed by atoms with Gasteiger partial charge in [0, 0.05) is 42.5 Å². The molecular formula is C14H17N3S. The first-order valence-corrected chi connectivity index (χ1v) is 7.03. The third kappa shape index (κ3) is 2.02. The van der Waals surface area contributed by atoms with E-state index in [9.17, 15) is 0 Å². The van der Waals surface area contributed by atoms with Gasteiger partial charge in [-0.05, 0) is 37.2 Å². The van der Waals surface area contributed by atoms with Crippen molar-refractivity contribution in [3.8, 4) is 10.6 Å². The first kappa shape index (κ1) is 11.7. The van der Waals surface area contributed by atoms with Crippen molar-refractivity contribution < 1.29 is 0 Å². The summed E-state index contributed by atoms with van der Waals surface area (Å²) < 4.78 is 0. The summed E-state index contributed by atoms with van der Waals surface area (Å²) in [6.07, 6.45) is 3.12. The maximum atomic E-state index is 4.51. The number of nitrogens with zero attached hydrogens (tertiary/aromatic N) is 2. The van der Waals surface area contributed by atoms with Crippen LogP contribution in [0.4, 0.5) is 5.69 Å². The van der Waals surface area contributed by atoms with Crippen molar-refractivity contribution in [2.75, 3.05) is 25.5 Å². The van der Waals surface area contributed by atoms with Crippen LogP contribution < -0.4 is 10.2 Å². The van der Waals surface area contributed by atoms with Crippen molar-refractivity contribution in [1.29, 1.82) is 0 Å². The average Bonchev–Trinajstić information content (AvgIpc) is 2.97. The van der Waals surface area contributed by atoms with Gasteiger partial charge in [0.05, 0.1) is 0 Å². The van der Waals surface area contributed by atoms with Gasteiger partial charge in [-0.3, -0.25) is 0 Å². The van der Waals surface area contributed by atoms with E-state index >= 15 is 0 Å². The Hall–Kier alpha value is -1.39. The number of hydrogen-bond donors (Lipinski definition) is 1. The fourth-order valence-electron chi connectivity index (χ4n) is 2.40. The summed E-state index contributed by atoms with van der Waals surface area (Å²) in [5, 5.41) is 4.28. The van der Waals surface area contributed by atoms with E-state index in [-0.39, 0.29) is 0 Å². The molecule has 0 atom stereocenters. The molecule has 3 rings (SSSR count). The van der Waals surface area contributed by atoms with E-state index in [1.807, 2.05) is 13.2 Å². The Morgan fingerprint density at radius 1 is 1.44 bits per heavy atom. The Morgan fingerprint density at radius 2 is 2.33 bits per heavy atom. The summed E-state index contributed by atoms with van der Waals surface area (Å²) in [5.41, 5.74) is 4.06. The second-order valence-corrected chi connectivity index (χ2v) is 5.79. The van der Waals surface area contributed by atoms with Crippen LogP contribution in [0.1, 0.15) is 10.4 Å². The zero-order valence-corrected chi connectivity index (χ0v) is 11.5. The van der Waals surface area contributed by atoms with Gasteiger partial charge in [-0.2, -0.15) is 0 Å². The number of benzene rings is 1. The van der Waals surface area contributed by atoms with Crippen molar-refractivity contribution in [1.82, 2.24) is 10.3 Å². The van der Waals surface area contributed by atoms with Crippen LogP contribution in [0.5, 0.6) is 0 Å². The second kappa shape index (κ2) is 4.71. The van der Waals surface area contributed by atoms with Gasteiger partial charge >= 0.3 is 0 Å². The number of fused-ring (bicyclic) bond motifs is 1. The molecule has 1 aromatic heterocycles. The molecule has 1 aromatic carbocycles. The molecule has 0 fully saturated rings. The third-order valence-electron chi connectivity index (χ3n) is 3.36. The van der Waals surface area contributed by atoms with Crippen molar-refractivity contribution in [3.05, 3.63) is 34.8 Å². The lowest BCUT2D eigenvalue weighted by atomic mass is 10.1. The number of thiazole rings is 1. The van der Waals surface area contributed by atoms with Gasteiger partial charge in [-0.25, -0.2) is 4.98 Å². The van der Waals surface area contributed by atoms with Crippen LogP contribution >= 0.6 is 11.3 Å². The van der Waals surface area contributed by atoms with E-state index in [0.29, 0.717) is 0 Å². The monoisotopic (exact) mass is 259 g/mol. The number of hydrogen-bond acceptors (Lipinski definition) is 4. The summed E-state index contributed by atoms with van der Waals surface area (Å²) in [6, 6.07) is 6.69. The number of aromatic nitrogens is 1. The van der Waals surface area contributed by atoms with Gasteiger partial charge in [0.2, 0.25) is 0 Å². The lowest BCUT2D eigenvalue weighted by Gasteiger charge is -2.11. The topological polar surface area (TPSA) is 28.2 Å². The summed E-state index contributed by atoms with van der Waals surface area (Å²) in [5.74, 6) is 0. The molecule has 18 heavy (non-hydrogen) atoms. The fourth-order valence-corrected chi connectivity index (χ4v) is 3.32. The van der Waals surface area contributed by atoms with Crippen LogP contribution in [-0.4, -0.2) is 25.6 Å². The van der Waals surface area contributed by atoms with Crippen LogP contribution in [0, 0.1) is 0 Å². The minimum Gasteiger partial charge on any atom is -0.374 e. The molecule has 94 valence electrons. The van der Waals surface area contributed by atoms with Gasteiger partial charge < -0.3 is 10.2 Å². The summed E-state index contributed by atoms with van der Waals surface area (Å²) >= 11 is 1.77. The molecule has 0 aliphatic carbocycles. The smallest absolute Gasteiger partial charge is 0.123 e. The van der Waals surface area contributed by atoms with Crippen molar-refractivity contribution >= 4 is 17.0 Å². The molecule has 1 aliphatic heterocycles. The van der Waals surface area contributed by atoms with Crippen molar-refractivity contribution in [3.63, 3.8) is 0 Å². The Bertz CT molecular complexity index is 562. The molecule has 0 spiro atoms. The Balaban J connectivity index is 1.92. The highest BCUT2D eigenvalue weighted by Gasteiger charge is 2.16. The number of anilines is 1. The fraction of sp³-hybridized carbons (Fsp3) is 0.357. The van der Waals surface area contributed by atoms with E-state index in [2.05, 4.69) is 40.4 Å². The normalized spacial score (nSPS) is 14.0. The molecule has 2 heterocycles. The number of rotatable bonds is 3. The summed E-state index contributed by atoms with van der Waals surface area (Å²) in [4.78, 5) is 8.11. The predicted octanol–water partition coefficient (Wildman–Crippen LogP) is 2.52. The molecule has 1 N–H and O–H groups in total. The highest BCUT2D eigenvalue weighted by Crippen LogP contribution is 2.32. The Labute approximate surface area is 111 Å². The first-order chi connectivity index (χ1) is 8.78. The molecule has 0 bridgehead atoms. The molecule has 2 aromatic rings. The maximum Gasteiger partial charge on any atom is 0.123 e. The zero-order valence-electron chi connectivity index (χ0n) is 10.7. The van der Waals surface area contributed by atoms with Gasteiger partial charge in [-0.1, -0.05) is 0 Å². The van der Waals surface area contributed by atoms with Gasteiger partial charge in [0.1, 0.15) is 5.01 Å². The summed E-state index contributed by atoms with van der Waals surface area (Å²) in [7, 11) is 4.12. The van der Waals surface area contributed by atoms with Crippen LogP contribution in [0.15, 0.2) is 24.4 Å². The van der Waals surface area contributed by atoms with Gasteiger partial charge in [0.25, 0.3) is 0 Å². The molecule has 3 nitrogen and oxygen atoms in total. The van der Waals surface area contributed by atoms with Crippen molar-refractivity contribution in [2.45, 2.75) is 13.0 Å². The van der Waals surface area contributed by atoms with E-state index in [1.54, 1.807) is 11.3 Å². The number of nitrogens with one attached hydrogen (secondary N) is 1. The molecule has 0 saturated carbocycles. The Morgan fingerprint density at radius 3 is 3.17 bits per heavy atom. The van der Waals surface area contributed by atoms with E-state index < -0.39 is 0 Å². The van der Waals surface area contributed by atoms with E-state index in [0.717, 1.165) is 24.5 Å². The lowest BCUT2D eigenvalue weighted by molar-refractivity contribution is 0.829. The molecule has 0 unspecified atom stereocenters.